The smallest absolute Gasteiger partial charge is 0.0696 e. The molecule has 2 heteroatoms. The van der Waals surface area contributed by atoms with Gasteiger partial charge in [0.1, 0.15) is 0 Å². The first kappa shape index (κ1) is 8.11. The van der Waals surface area contributed by atoms with Crippen LogP contribution in [-0.2, 0) is 0 Å². The number of rotatable bonds is 3. The van der Waals surface area contributed by atoms with E-state index < -0.39 is 0 Å². The Hall–Kier alpha value is -0.890. The molecule has 0 heterocycles. The van der Waals surface area contributed by atoms with E-state index >= 15 is 0 Å². The Balaban J connectivity index is 3.96. The highest BCUT2D eigenvalue weighted by Crippen LogP contribution is 1.87. The molecule has 0 saturated carbocycles. The molecule has 0 spiro atoms. The largest absolute Gasteiger partial charge is 0.392 e. The molecule has 2 nitrogen and oxygen atoms in total. The Bertz CT molecular complexity index is 136. The minimum Gasteiger partial charge on any atom is -0.392 e. The van der Waals surface area contributed by atoms with Crippen molar-refractivity contribution in [2.75, 3.05) is 13.7 Å². The minimum atomic E-state index is 0.0172. The van der Waals surface area contributed by atoms with Gasteiger partial charge >= 0.3 is 0 Å². The van der Waals surface area contributed by atoms with Crippen molar-refractivity contribution < 1.29 is 5.11 Å². The van der Waals surface area contributed by atoms with Crippen molar-refractivity contribution in [1.82, 2.24) is 0 Å². The monoisotopic (exact) mass is 125 g/mol. The average molecular weight is 125 g/mol. The van der Waals surface area contributed by atoms with E-state index in [4.69, 9.17) is 5.11 Å². The van der Waals surface area contributed by atoms with E-state index in [0.29, 0.717) is 0 Å². The van der Waals surface area contributed by atoms with Gasteiger partial charge in [-0.3, -0.25) is 4.99 Å². The second-order valence-electron chi connectivity index (χ2n) is 1.52. The van der Waals surface area contributed by atoms with E-state index in [2.05, 4.69) is 11.6 Å². The Morgan fingerprint density at radius 2 is 2.44 bits per heavy atom. The third kappa shape index (κ3) is 3.67. The maximum Gasteiger partial charge on any atom is 0.0696 e. The van der Waals surface area contributed by atoms with Gasteiger partial charge in [0, 0.05) is 13.3 Å². The molecule has 0 aliphatic rings. The fourth-order valence-electron chi connectivity index (χ4n) is 0.454. The highest BCUT2D eigenvalue weighted by atomic mass is 16.3. The maximum atomic E-state index is 8.58. The molecule has 0 unspecified atom stereocenters. The van der Waals surface area contributed by atoms with Crippen LogP contribution in [0.15, 0.2) is 29.3 Å². The van der Waals surface area contributed by atoms with Gasteiger partial charge in [-0.15, -0.1) is 0 Å². The number of aliphatic hydroxyl groups is 1. The Morgan fingerprint density at radius 3 is 2.78 bits per heavy atom. The van der Waals surface area contributed by atoms with Crippen LogP contribution in [0.3, 0.4) is 0 Å². The number of hydrogen-bond donors (Lipinski definition) is 1. The first-order valence-electron chi connectivity index (χ1n) is 2.69. The number of hydrogen-bond acceptors (Lipinski definition) is 2. The van der Waals surface area contributed by atoms with Crippen LogP contribution >= 0.6 is 0 Å². The summed E-state index contributed by atoms with van der Waals surface area (Å²) in [6.07, 6.45) is 4.93. The van der Waals surface area contributed by atoms with Crippen LogP contribution < -0.4 is 0 Å². The Labute approximate surface area is 55.2 Å². The van der Waals surface area contributed by atoms with Crippen molar-refractivity contribution in [3.05, 3.63) is 24.3 Å². The number of aliphatic imine (C=N–C) groups is 1. The van der Waals surface area contributed by atoms with E-state index in [9.17, 15) is 0 Å². The molecule has 50 valence electrons. The maximum absolute atomic E-state index is 8.58. The first-order chi connectivity index (χ1) is 4.35. The van der Waals surface area contributed by atoms with Crippen LogP contribution in [0.1, 0.15) is 0 Å². The zero-order valence-corrected chi connectivity index (χ0v) is 5.54. The van der Waals surface area contributed by atoms with Gasteiger partial charge in [0.15, 0.2) is 0 Å². The van der Waals surface area contributed by atoms with Crippen LogP contribution in [-0.4, -0.2) is 25.0 Å². The number of nitrogens with zero attached hydrogens (tertiary/aromatic N) is 1. The summed E-state index contributed by atoms with van der Waals surface area (Å²) < 4.78 is 0. The lowest BCUT2D eigenvalue weighted by Crippen LogP contribution is -1.89. The quantitative estimate of drug-likeness (QED) is 0.439. The molecule has 0 saturated heterocycles. The minimum absolute atomic E-state index is 0.0172. The summed E-state index contributed by atoms with van der Waals surface area (Å²) in [5, 5.41) is 8.58. The van der Waals surface area contributed by atoms with Gasteiger partial charge in [-0.1, -0.05) is 18.7 Å². The zero-order chi connectivity index (χ0) is 7.11. The van der Waals surface area contributed by atoms with Crippen molar-refractivity contribution in [2.45, 2.75) is 0 Å². The van der Waals surface area contributed by atoms with E-state index in [0.717, 1.165) is 5.57 Å². The highest BCUT2D eigenvalue weighted by molar-refractivity contribution is 5.79. The molecule has 0 aromatic rings. The summed E-state index contributed by atoms with van der Waals surface area (Å²) in [5.41, 5.74) is 0.771. The summed E-state index contributed by atoms with van der Waals surface area (Å²) in [7, 11) is 1.66. The van der Waals surface area contributed by atoms with Crippen LogP contribution in [0.4, 0.5) is 0 Å². The lowest BCUT2D eigenvalue weighted by atomic mass is 10.3. The zero-order valence-electron chi connectivity index (χ0n) is 5.54. The van der Waals surface area contributed by atoms with E-state index in [1.165, 1.54) is 0 Å². The lowest BCUT2D eigenvalue weighted by molar-refractivity contribution is 0.337. The van der Waals surface area contributed by atoms with Gasteiger partial charge < -0.3 is 5.11 Å². The standard InChI is InChI=1S/C7H11NO/c1-3-4-7(6-9)5-8-2/h3-5,9H,1,6H2,2H3/b7-4+,8-5?. The summed E-state index contributed by atoms with van der Waals surface area (Å²) in [6, 6.07) is 0. The molecule has 0 fully saturated rings. The number of allylic oxidation sites excluding steroid dienone is 2. The SMILES string of the molecule is C=C/C=C(\C=NC)CO. The molecular weight excluding hydrogens is 114 g/mol. The van der Waals surface area contributed by atoms with Gasteiger partial charge in [0.2, 0.25) is 0 Å². The normalized spacial score (nSPS) is 12.4. The van der Waals surface area contributed by atoms with Gasteiger partial charge in [0.05, 0.1) is 6.61 Å². The summed E-state index contributed by atoms with van der Waals surface area (Å²) in [5.74, 6) is 0. The Kier molecular flexibility index (Phi) is 4.73. The molecule has 0 atom stereocenters. The molecule has 0 rings (SSSR count). The average Bonchev–Trinajstić information content (AvgIpc) is 1.88. The van der Waals surface area contributed by atoms with Crippen molar-refractivity contribution >= 4 is 6.21 Å². The molecule has 0 radical (unpaired) electrons. The first-order valence-corrected chi connectivity index (χ1v) is 2.69. The van der Waals surface area contributed by atoms with E-state index in [1.807, 2.05) is 0 Å². The van der Waals surface area contributed by atoms with Gasteiger partial charge in [-0.2, -0.15) is 0 Å². The molecule has 9 heavy (non-hydrogen) atoms. The topological polar surface area (TPSA) is 32.6 Å². The fraction of sp³-hybridized carbons (Fsp3) is 0.286. The molecule has 1 N–H and O–H groups in total. The molecule has 0 aliphatic heterocycles. The summed E-state index contributed by atoms with van der Waals surface area (Å²) in [4.78, 5) is 3.72. The van der Waals surface area contributed by atoms with Gasteiger partial charge in [-0.05, 0) is 5.57 Å². The molecule has 0 aromatic heterocycles. The summed E-state index contributed by atoms with van der Waals surface area (Å²) >= 11 is 0. The number of aliphatic hydroxyl groups excluding tert-OH is 1. The predicted octanol–water partition coefficient (Wildman–Crippen LogP) is 0.792. The summed E-state index contributed by atoms with van der Waals surface area (Å²) in [6.45, 7) is 3.50. The van der Waals surface area contributed by atoms with E-state index in [-0.39, 0.29) is 6.61 Å². The van der Waals surface area contributed by atoms with Crippen molar-refractivity contribution in [3.8, 4) is 0 Å². The van der Waals surface area contributed by atoms with Gasteiger partial charge in [-0.25, -0.2) is 0 Å². The molecule has 0 aromatic carbocycles. The van der Waals surface area contributed by atoms with Crippen LogP contribution in [0.5, 0.6) is 0 Å². The second-order valence-corrected chi connectivity index (χ2v) is 1.52. The van der Waals surface area contributed by atoms with Crippen LogP contribution in [0.25, 0.3) is 0 Å². The van der Waals surface area contributed by atoms with Crippen molar-refractivity contribution in [3.63, 3.8) is 0 Å². The van der Waals surface area contributed by atoms with Crippen LogP contribution in [0, 0.1) is 0 Å². The third-order valence-electron chi connectivity index (χ3n) is 0.809. The highest BCUT2D eigenvalue weighted by Gasteiger charge is 1.83. The fourth-order valence-corrected chi connectivity index (χ4v) is 0.454. The lowest BCUT2D eigenvalue weighted by Gasteiger charge is -1.89. The van der Waals surface area contributed by atoms with Gasteiger partial charge in [0.25, 0.3) is 0 Å². The van der Waals surface area contributed by atoms with Crippen molar-refractivity contribution in [2.24, 2.45) is 4.99 Å². The predicted molar refractivity (Wildman–Crippen MR) is 39.8 cm³/mol. The molecule has 0 amide bonds. The van der Waals surface area contributed by atoms with E-state index in [1.54, 1.807) is 25.4 Å². The molecular formula is C7H11NO. The van der Waals surface area contributed by atoms with Crippen LogP contribution in [0.2, 0.25) is 0 Å². The third-order valence-corrected chi connectivity index (χ3v) is 0.809. The molecule has 0 bridgehead atoms. The second kappa shape index (κ2) is 5.25. The van der Waals surface area contributed by atoms with Crippen molar-refractivity contribution in [1.29, 1.82) is 0 Å². The Morgan fingerprint density at radius 1 is 1.78 bits per heavy atom. The molecule has 0 aliphatic carbocycles.